The standard InChI is InChI=1S/C15H28N2O2/c1-12(13-5-3-7-16-10-13)9-14(18)17-15(2)6-4-8-19-11-15/h12-13,16H,3-11H2,1-2H3,(H,17,18). The number of ether oxygens (including phenoxy) is 1. The van der Waals surface area contributed by atoms with E-state index in [1.54, 1.807) is 0 Å². The number of carbonyl (C=O) groups is 1. The molecule has 2 rings (SSSR count). The SMILES string of the molecule is CC(CC(=O)NC1(C)CCCOC1)C1CCCNC1. The second kappa shape index (κ2) is 6.71. The molecule has 2 N–H and O–H groups in total. The number of hydrogen-bond donors (Lipinski definition) is 2. The predicted octanol–water partition coefficient (Wildman–Crippen LogP) is 1.70. The first-order chi connectivity index (χ1) is 9.09. The summed E-state index contributed by atoms with van der Waals surface area (Å²) < 4.78 is 5.48. The van der Waals surface area contributed by atoms with Crippen LogP contribution in [-0.2, 0) is 9.53 Å². The number of amides is 1. The molecule has 0 spiro atoms. The summed E-state index contributed by atoms with van der Waals surface area (Å²) in [7, 11) is 0. The van der Waals surface area contributed by atoms with Gasteiger partial charge in [0.15, 0.2) is 0 Å². The van der Waals surface area contributed by atoms with Gasteiger partial charge in [-0.25, -0.2) is 0 Å². The van der Waals surface area contributed by atoms with Crippen molar-refractivity contribution >= 4 is 5.91 Å². The van der Waals surface area contributed by atoms with E-state index in [-0.39, 0.29) is 11.4 Å². The summed E-state index contributed by atoms with van der Waals surface area (Å²) in [6.07, 6.45) is 5.20. The zero-order valence-corrected chi connectivity index (χ0v) is 12.3. The summed E-state index contributed by atoms with van der Waals surface area (Å²) >= 11 is 0. The number of carbonyl (C=O) groups excluding carboxylic acids is 1. The van der Waals surface area contributed by atoms with Crippen molar-refractivity contribution in [3.8, 4) is 0 Å². The largest absolute Gasteiger partial charge is 0.379 e. The first-order valence-electron chi connectivity index (χ1n) is 7.68. The molecule has 1 amide bonds. The van der Waals surface area contributed by atoms with Crippen molar-refractivity contribution in [3.05, 3.63) is 0 Å². The topological polar surface area (TPSA) is 50.4 Å². The average molecular weight is 268 g/mol. The highest BCUT2D eigenvalue weighted by atomic mass is 16.5. The van der Waals surface area contributed by atoms with Gasteiger partial charge < -0.3 is 15.4 Å². The van der Waals surface area contributed by atoms with Crippen molar-refractivity contribution in [1.82, 2.24) is 10.6 Å². The van der Waals surface area contributed by atoms with Crippen LogP contribution in [0.5, 0.6) is 0 Å². The molecule has 3 unspecified atom stereocenters. The number of rotatable bonds is 4. The molecule has 0 aromatic rings. The summed E-state index contributed by atoms with van der Waals surface area (Å²) in [6, 6.07) is 0. The van der Waals surface area contributed by atoms with E-state index < -0.39 is 0 Å². The van der Waals surface area contributed by atoms with E-state index in [2.05, 4.69) is 24.5 Å². The Morgan fingerprint density at radius 2 is 2.37 bits per heavy atom. The lowest BCUT2D eigenvalue weighted by atomic mass is 9.85. The van der Waals surface area contributed by atoms with E-state index in [1.807, 2.05) is 0 Å². The van der Waals surface area contributed by atoms with Crippen LogP contribution in [0.25, 0.3) is 0 Å². The molecule has 2 heterocycles. The van der Waals surface area contributed by atoms with Crippen LogP contribution < -0.4 is 10.6 Å². The zero-order chi connectivity index (χ0) is 13.7. The minimum absolute atomic E-state index is 0.153. The molecule has 19 heavy (non-hydrogen) atoms. The van der Waals surface area contributed by atoms with E-state index in [0.29, 0.717) is 24.9 Å². The second-order valence-corrected chi connectivity index (χ2v) is 6.55. The van der Waals surface area contributed by atoms with Crippen LogP contribution in [-0.4, -0.2) is 37.7 Å². The highest BCUT2D eigenvalue weighted by Gasteiger charge is 2.30. The normalized spacial score (nSPS) is 33.7. The lowest BCUT2D eigenvalue weighted by Crippen LogP contribution is -2.52. The van der Waals surface area contributed by atoms with Gasteiger partial charge in [-0.2, -0.15) is 0 Å². The minimum atomic E-state index is -0.153. The highest BCUT2D eigenvalue weighted by molar-refractivity contribution is 5.77. The second-order valence-electron chi connectivity index (χ2n) is 6.55. The molecule has 0 aromatic carbocycles. The summed E-state index contributed by atoms with van der Waals surface area (Å²) in [6.45, 7) is 7.97. The minimum Gasteiger partial charge on any atom is -0.379 e. The van der Waals surface area contributed by atoms with Gasteiger partial charge >= 0.3 is 0 Å². The maximum absolute atomic E-state index is 12.2. The summed E-state index contributed by atoms with van der Waals surface area (Å²) in [4.78, 5) is 12.2. The molecule has 4 nitrogen and oxygen atoms in total. The predicted molar refractivity (Wildman–Crippen MR) is 76.0 cm³/mol. The van der Waals surface area contributed by atoms with E-state index in [0.717, 1.165) is 32.5 Å². The molecule has 2 aliphatic heterocycles. The number of nitrogens with one attached hydrogen (secondary N) is 2. The fraction of sp³-hybridized carbons (Fsp3) is 0.933. The zero-order valence-electron chi connectivity index (χ0n) is 12.3. The van der Waals surface area contributed by atoms with E-state index in [1.165, 1.54) is 12.8 Å². The monoisotopic (exact) mass is 268 g/mol. The van der Waals surface area contributed by atoms with Gasteiger partial charge in [0.2, 0.25) is 5.91 Å². The van der Waals surface area contributed by atoms with Gasteiger partial charge in [-0.05, 0) is 57.5 Å². The van der Waals surface area contributed by atoms with Gasteiger partial charge in [-0.1, -0.05) is 6.92 Å². The molecule has 0 bridgehead atoms. The van der Waals surface area contributed by atoms with Crippen LogP contribution in [0.15, 0.2) is 0 Å². The van der Waals surface area contributed by atoms with Gasteiger partial charge in [-0.3, -0.25) is 4.79 Å². The van der Waals surface area contributed by atoms with Crippen molar-refractivity contribution in [2.45, 2.75) is 51.5 Å². The summed E-state index contributed by atoms with van der Waals surface area (Å²) in [5, 5.41) is 6.61. The Kier molecular flexibility index (Phi) is 5.22. The van der Waals surface area contributed by atoms with Gasteiger partial charge in [0.1, 0.15) is 0 Å². The highest BCUT2D eigenvalue weighted by Crippen LogP contribution is 2.24. The third kappa shape index (κ3) is 4.46. The van der Waals surface area contributed by atoms with Crippen molar-refractivity contribution in [3.63, 3.8) is 0 Å². The fourth-order valence-electron chi connectivity index (χ4n) is 3.24. The summed E-state index contributed by atoms with van der Waals surface area (Å²) in [5.74, 6) is 1.29. The molecule has 2 aliphatic rings. The fourth-order valence-corrected chi connectivity index (χ4v) is 3.24. The molecule has 0 radical (unpaired) electrons. The lowest BCUT2D eigenvalue weighted by Gasteiger charge is -2.35. The van der Waals surface area contributed by atoms with Crippen molar-refractivity contribution in [2.75, 3.05) is 26.3 Å². The quantitative estimate of drug-likeness (QED) is 0.816. The molecular formula is C15H28N2O2. The molecule has 0 aromatic heterocycles. The Balaban J connectivity index is 1.76. The van der Waals surface area contributed by atoms with E-state index >= 15 is 0 Å². The summed E-state index contributed by atoms with van der Waals surface area (Å²) in [5.41, 5.74) is -0.153. The van der Waals surface area contributed by atoms with Crippen LogP contribution in [0.4, 0.5) is 0 Å². The average Bonchev–Trinajstić information content (AvgIpc) is 2.39. The van der Waals surface area contributed by atoms with Crippen molar-refractivity contribution in [2.24, 2.45) is 11.8 Å². The van der Waals surface area contributed by atoms with E-state index in [9.17, 15) is 4.79 Å². The molecule has 2 fully saturated rings. The third-order valence-electron chi connectivity index (χ3n) is 4.53. The molecular weight excluding hydrogens is 240 g/mol. The number of piperidine rings is 1. The van der Waals surface area contributed by atoms with Crippen LogP contribution in [0.3, 0.4) is 0 Å². The van der Waals surface area contributed by atoms with Gasteiger partial charge in [0.05, 0.1) is 12.1 Å². The van der Waals surface area contributed by atoms with E-state index in [4.69, 9.17) is 4.74 Å². The Hall–Kier alpha value is -0.610. The van der Waals surface area contributed by atoms with Crippen LogP contribution in [0.2, 0.25) is 0 Å². The lowest BCUT2D eigenvalue weighted by molar-refractivity contribution is -0.125. The molecule has 0 aliphatic carbocycles. The first-order valence-corrected chi connectivity index (χ1v) is 7.68. The third-order valence-corrected chi connectivity index (χ3v) is 4.53. The van der Waals surface area contributed by atoms with Crippen molar-refractivity contribution in [1.29, 1.82) is 0 Å². The van der Waals surface area contributed by atoms with Crippen LogP contribution >= 0.6 is 0 Å². The Morgan fingerprint density at radius 1 is 1.53 bits per heavy atom. The van der Waals surface area contributed by atoms with Crippen molar-refractivity contribution < 1.29 is 9.53 Å². The smallest absolute Gasteiger partial charge is 0.220 e. The van der Waals surface area contributed by atoms with Gasteiger partial charge in [0, 0.05) is 13.0 Å². The van der Waals surface area contributed by atoms with Gasteiger partial charge in [-0.15, -0.1) is 0 Å². The maximum atomic E-state index is 12.2. The Bertz CT molecular complexity index is 295. The Morgan fingerprint density at radius 3 is 3.00 bits per heavy atom. The molecule has 110 valence electrons. The van der Waals surface area contributed by atoms with Gasteiger partial charge in [0.25, 0.3) is 0 Å². The molecule has 2 saturated heterocycles. The first kappa shape index (κ1) is 14.8. The Labute approximate surface area is 116 Å². The molecule has 0 saturated carbocycles. The van der Waals surface area contributed by atoms with Crippen LogP contribution in [0, 0.1) is 11.8 Å². The maximum Gasteiger partial charge on any atom is 0.220 e. The molecule has 4 heteroatoms. The molecule has 3 atom stereocenters. The number of hydrogen-bond acceptors (Lipinski definition) is 3. The van der Waals surface area contributed by atoms with Crippen LogP contribution in [0.1, 0.15) is 46.0 Å².